The first-order chi connectivity index (χ1) is 4.77. The van der Waals surface area contributed by atoms with Crippen molar-refractivity contribution in [3.8, 4) is 0 Å². The first-order valence-corrected chi connectivity index (χ1v) is 3.11. The van der Waals surface area contributed by atoms with Crippen molar-refractivity contribution in [3.63, 3.8) is 0 Å². The van der Waals surface area contributed by atoms with E-state index in [-0.39, 0.29) is 12.5 Å². The van der Waals surface area contributed by atoms with Crippen LogP contribution < -0.4 is 5.32 Å². The Hall–Kier alpha value is -0.900. The molecule has 4 heteroatoms. The molecule has 0 rings (SSSR count). The minimum Gasteiger partial charge on any atom is -0.394 e. The molecule has 0 unspecified atom stereocenters. The van der Waals surface area contributed by atoms with Crippen LogP contribution in [-0.2, 0) is 4.79 Å². The quantitative estimate of drug-likeness (QED) is 0.507. The molecule has 0 heterocycles. The highest BCUT2D eigenvalue weighted by Gasteiger charge is 1.83. The maximum atomic E-state index is 10.3. The van der Waals surface area contributed by atoms with E-state index in [0.29, 0.717) is 13.1 Å². The molecule has 0 saturated carbocycles. The van der Waals surface area contributed by atoms with Crippen LogP contribution in [0.3, 0.4) is 0 Å². The van der Waals surface area contributed by atoms with E-state index in [1.807, 2.05) is 0 Å². The number of rotatable bonds is 4. The van der Waals surface area contributed by atoms with E-state index in [1.54, 1.807) is 6.21 Å². The predicted octanol–water partition coefficient (Wildman–Crippen LogP) is -0.814. The van der Waals surface area contributed by atoms with Crippen molar-refractivity contribution in [2.24, 2.45) is 4.99 Å². The SMILES string of the molecule is CC(=O)NCC=NCCO. The first kappa shape index (κ1) is 9.10. The van der Waals surface area contributed by atoms with E-state index in [4.69, 9.17) is 5.11 Å². The van der Waals surface area contributed by atoms with Crippen LogP contribution in [-0.4, -0.2) is 36.9 Å². The molecule has 10 heavy (non-hydrogen) atoms. The number of hydrogen-bond donors (Lipinski definition) is 2. The molecule has 0 aromatic carbocycles. The van der Waals surface area contributed by atoms with E-state index in [9.17, 15) is 4.79 Å². The Bertz CT molecular complexity index is 123. The van der Waals surface area contributed by atoms with Crippen molar-refractivity contribution in [3.05, 3.63) is 0 Å². The van der Waals surface area contributed by atoms with Crippen LogP contribution in [0.2, 0.25) is 0 Å². The fourth-order valence-electron chi connectivity index (χ4n) is 0.403. The fraction of sp³-hybridized carbons (Fsp3) is 0.667. The van der Waals surface area contributed by atoms with Crippen molar-refractivity contribution < 1.29 is 9.90 Å². The average Bonchev–Trinajstić information content (AvgIpc) is 1.87. The van der Waals surface area contributed by atoms with Crippen LogP contribution in [0.15, 0.2) is 4.99 Å². The highest BCUT2D eigenvalue weighted by atomic mass is 16.3. The van der Waals surface area contributed by atoms with Gasteiger partial charge in [-0.1, -0.05) is 0 Å². The predicted molar refractivity (Wildman–Crippen MR) is 39.1 cm³/mol. The molecule has 0 aromatic heterocycles. The molecule has 0 atom stereocenters. The number of aliphatic hydroxyl groups is 1. The van der Waals surface area contributed by atoms with Crippen molar-refractivity contribution in [1.29, 1.82) is 0 Å². The molecule has 2 N–H and O–H groups in total. The maximum Gasteiger partial charge on any atom is 0.217 e. The second-order valence-corrected chi connectivity index (χ2v) is 1.75. The first-order valence-electron chi connectivity index (χ1n) is 3.11. The summed E-state index contributed by atoms with van der Waals surface area (Å²) in [7, 11) is 0. The van der Waals surface area contributed by atoms with Crippen molar-refractivity contribution in [1.82, 2.24) is 5.32 Å². The van der Waals surface area contributed by atoms with Crippen LogP contribution in [0.5, 0.6) is 0 Å². The summed E-state index contributed by atoms with van der Waals surface area (Å²) in [4.78, 5) is 14.0. The number of aliphatic imine (C=N–C) groups is 1. The van der Waals surface area contributed by atoms with Gasteiger partial charge in [-0.05, 0) is 0 Å². The maximum absolute atomic E-state index is 10.3. The summed E-state index contributed by atoms with van der Waals surface area (Å²) in [5, 5.41) is 10.8. The third kappa shape index (κ3) is 7.10. The van der Waals surface area contributed by atoms with Gasteiger partial charge in [0.2, 0.25) is 5.91 Å². The lowest BCUT2D eigenvalue weighted by Gasteiger charge is -1.92. The summed E-state index contributed by atoms with van der Waals surface area (Å²) in [5.41, 5.74) is 0. The normalized spacial score (nSPS) is 10.2. The second-order valence-electron chi connectivity index (χ2n) is 1.75. The monoisotopic (exact) mass is 144 g/mol. The molecule has 0 radical (unpaired) electrons. The van der Waals surface area contributed by atoms with Gasteiger partial charge in [0.25, 0.3) is 0 Å². The van der Waals surface area contributed by atoms with E-state index in [0.717, 1.165) is 0 Å². The lowest BCUT2D eigenvalue weighted by molar-refractivity contribution is -0.118. The number of carbonyl (C=O) groups is 1. The number of nitrogens with zero attached hydrogens (tertiary/aromatic N) is 1. The van der Waals surface area contributed by atoms with Gasteiger partial charge in [-0.25, -0.2) is 0 Å². The molecule has 0 aromatic rings. The Morgan fingerprint density at radius 1 is 1.80 bits per heavy atom. The molecule has 0 fully saturated rings. The van der Waals surface area contributed by atoms with Gasteiger partial charge in [-0.3, -0.25) is 9.79 Å². The molecule has 58 valence electrons. The van der Waals surface area contributed by atoms with Crippen molar-refractivity contribution in [2.75, 3.05) is 19.7 Å². The Balaban J connectivity index is 3.10. The van der Waals surface area contributed by atoms with Crippen molar-refractivity contribution >= 4 is 12.1 Å². The summed E-state index contributed by atoms with van der Waals surface area (Å²) in [6, 6.07) is 0. The van der Waals surface area contributed by atoms with Crippen LogP contribution >= 0.6 is 0 Å². The summed E-state index contributed by atoms with van der Waals surface area (Å²) in [6.07, 6.45) is 1.57. The highest BCUT2D eigenvalue weighted by Crippen LogP contribution is 1.64. The molecule has 0 bridgehead atoms. The summed E-state index contributed by atoms with van der Waals surface area (Å²) < 4.78 is 0. The summed E-state index contributed by atoms with van der Waals surface area (Å²) >= 11 is 0. The molecule has 0 aliphatic heterocycles. The zero-order valence-electron chi connectivity index (χ0n) is 6.00. The van der Waals surface area contributed by atoms with Gasteiger partial charge in [0.05, 0.1) is 19.7 Å². The molecule has 0 aliphatic rings. The minimum atomic E-state index is -0.0737. The standard InChI is InChI=1S/C6H12N2O2/c1-6(10)8-3-2-7-4-5-9/h2,9H,3-5H2,1H3,(H,8,10). The zero-order valence-corrected chi connectivity index (χ0v) is 6.00. The van der Waals surface area contributed by atoms with Crippen LogP contribution in [0.1, 0.15) is 6.92 Å². The van der Waals surface area contributed by atoms with Crippen LogP contribution in [0, 0.1) is 0 Å². The highest BCUT2D eigenvalue weighted by molar-refractivity contribution is 5.76. The van der Waals surface area contributed by atoms with Gasteiger partial charge >= 0.3 is 0 Å². The number of aliphatic hydroxyl groups excluding tert-OH is 1. The molecule has 0 saturated heterocycles. The Morgan fingerprint density at radius 3 is 3.00 bits per heavy atom. The van der Waals surface area contributed by atoms with Gasteiger partial charge < -0.3 is 10.4 Å². The molecule has 0 aliphatic carbocycles. The van der Waals surface area contributed by atoms with Gasteiger partial charge in [-0.2, -0.15) is 0 Å². The number of hydrogen-bond acceptors (Lipinski definition) is 3. The molecular weight excluding hydrogens is 132 g/mol. The topological polar surface area (TPSA) is 61.7 Å². The smallest absolute Gasteiger partial charge is 0.217 e. The summed E-state index contributed by atoms with van der Waals surface area (Å²) in [5.74, 6) is -0.0737. The van der Waals surface area contributed by atoms with Crippen molar-refractivity contribution in [2.45, 2.75) is 6.92 Å². The lowest BCUT2D eigenvalue weighted by atomic mass is 10.6. The minimum absolute atomic E-state index is 0.0522. The Morgan fingerprint density at radius 2 is 2.50 bits per heavy atom. The van der Waals surface area contributed by atoms with E-state index in [1.165, 1.54) is 6.92 Å². The second kappa shape index (κ2) is 6.22. The Labute approximate surface area is 60.0 Å². The Kier molecular flexibility index (Phi) is 5.66. The average molecular weight is 144 g/mol. The molecular formula is C6H12N2O2. The van der Waals surface area contributed by atoms with Gasteiger partial charge in [0, 0.05) is 13.1 Å². The van der Waals surface area contributed by atoms with E-state index < -0.39 is 0 Å². The van der Waals surface area contributed by atoms with Gasteiger partial charge in [0.15, 0.2) is 0 Å². The molecule has 0 spiro atoms. The molecule has 4 nitrogen and oxygen atoms in total. The third-order valence-corrected chi connectivity index (χ3v) is 0.800. The fourth-order valence-corrected chi connectivity index (χ4v) is 0.403. The largest absolute Gasteiger partial charge is 0.394 e. The van der Waals surface area contributed by atoms with Gasteiger partial charge in [-0.15, -0.1) is 0 Å². The van der Waals surface area contributed by atoms with Crippen LogP contribution in [0.4, 0.5) is 0 Å². The third-order valence-electron chi connectivity index (χ3n) is 0.800. The molecule has 1 amide bonds. The van der Waals surface area contributed by atoms with E-state index >= 15 is 0 Å². The number of nitrogens with one attached hydrogen (secondary N) is 1. The summed E-state index contributed by atoms with van der Waals surface area (Å²) in [6.45, 7) is 2.34. The van der Waals surface area contributed by atoms with Gasteiger partial charge in [0.1, 0.15) is 0 Å². The number of carbonyl (C=O) groups excluding carboxylic acids is 1. The van der Waals surface area contributed by atoms with Crippen LogP contribution in [0.25, 0.3) is 0 Å². The zero-order chi connectivity index (χ0) is 7.82. The number of amides is 1. The lowest BCUT2D eigenvalue weighted by Crippen LogP contribution is -2.21. The van der Waals surface area contributed by atoms with E-state index in [2.05, 4.69) is 10.3 Å².